The van der Waals surface area contributed by atoms with E-state index in [-0.39, 0.29) is 6.61 Å². The number of nitrogens with one attached hydrogen (secondary N) is 1. The smallest absolute Gasteiger partial charge is 0.0644 e. The van der Waals surface area contributed by atoms with Gasteiger partial charge in [0.25, 0.3) is 0 Å². The van der Waals surface area contributed by atoms with E-state index in [0.717, 1.165) is 12.3 Å². The fourth-order valence-corrected chi connectivity index (χ4v) is 3.90. The average molecular weight is 277 g/mol. The maximum Gasteiger partial charge on any atom is 0.0644 e. The van der Waals surface area contributed by atoms with Crippen LogP contribution in [0.25, 0.3) is 0 Å². The van der Waals surface area contributed by atoms with Crippen molar-refractivity contribution in [2.24, 2.45) is 5.92 Å². The zero-order valence-corrected chi connectivity index (χ0v) is 12.5. The van der Waals surface area contributed by atoms with Crippen molar-refractivity contribution in [1.82, 2.24) is 15.1 Å². The highest BCUT2D eigenvalue weighted by molar-refractivity contribution is 5.25. The van der Waals surface area contributed by atoms with Gasteiger partial charge in [0.1, 0.15) is 0 Å². The van der Waals surface area contributed by atoms with Crippen LogP contribution in [0.1, 0.15) is 62.7 Å². The number of aromatic nitrogens is 2. The number of hydrogen-bond acceptors (Lipinski definition) is 3. The van der Waals surface area contributed by atoms with E-state index in [1.54, 1.807) is 0 Å². The molecule has 0 aromatic carbocycles. The van der Waals surface area contributed by atoms with Gasteiger partial charge < -0.3 is 10.4 Å². The molecule has 3 rings (SSSR count). The van der Waals surface area contributed by atoms with Gasteiger partial charge in [-0.15, -0.1) is 0 Å². The minimum Gasteiger partial charge on any atom is -0.394 e. The first-order chi connectivity index (χ1) is 9.79. The zero-order chi connectivity index (χ0) is 13.9. The topological polar surface area (TPSA) is 50.1 Å². The Hall–Kier alpha value is -0.870. The van der Waals surface area contributed by atoms with Gasteiger partial charge in [0, 0.05) is 23.3 Å². The van der Waals surface area contributed by atoms with Crippen LogP contribution in [0, 0.1) is 5.92 Å². The first-order valence-electron chi connectivity index (χ1n) is 8.21. The number of aliphatic hydroxyl groups excluding tert-OH is 1. The zero-order valence-electron chi connectivity index (χ0n) is 12.5. The van der Waals surface area contributed by atoms with Crippen LogP contribution in [0.15, 0.2) is 6.20 Å². The summed E-state index contributed by atoms with van der Waals surface area (Å²) in [5, 5.41) is 17.5. The Morgan fingerprint density at radius 2 is 2.15 bits per heavy atom. The highest BCUT2D eigenvalue weighted by Crippen LogP contribution is 2.33. The molecule has 0 radical (unpaired) electrons. The van der Waals surface area contributed by atoms with Gasteiger partial charge in [-0.25, -0.2) is 0 Å². The van der Waals surface area contributed by atoms with Crippen molar-refractivity contribution in [3.8, 4) is 0 Å². The molecule has 4 nitrogen and oxygen atoms in total. The summed E-state index contributed by atoms with van der Waals surface area (Å²) in [6.07, 6.45) is 11.0. The number of aliphatic hydroxyl groups is 1. The van der Waals surface area contributed by atoms with Crippen molar-refractivity contribution < 1.29 is 5.11 Å². The molecule has 0 spiro atoms. The molecule has 0 aliphatic heterocycles. The molecule has 0 bridgehead atoms. The fourth-order valence-electron chi connectivity index (χ4n) is 3.90. The van der Waals surface area contributed by atoms with Crippen molar-refractivity contribution in [1.29, 1.82) is 0 Å². The van der Waals surface area contributed by atoms with E-state index in [0.29, 0.717) is 18.6 Å². The first-order valence-corrected chi connectivity index (χ1v) is 8.21. The van der Waals surface area contributed by atoms with E-state index in [2.05, 4.69) is 17.3 Å². The molecule has 3 atom stereocenters. The van der Waals surface area contributed by atoms with Gasteiger partial charge in [0.15, 0.2) is 0 Å². The van der Waals surface area contributed by atoms with Crippen LogP contribution in [0.5, 0.6) is 0 Å². The Morgan fingerprint density at radius 3 is 2.95 bits per heavy atom. The van der Waals surface area contributed by atoms with Gasteiger partial charge in [-0.1, -0.05) is 19.8 Å². The van der Waals surface area contributed by atoms with E-state index < -0.39 is 0 Å². The summed E-state index contributed by atoms with van der Waals surface area (Å²) in [6.45, 7) is 3.18. The van der Waals surface area contributed by atoms with Crippen LogP contribution in [-0.2, 0) is 13.0 Å². The number of rotatable bonds is 4. The Kier molecular flexibility index (Phi) is 4.41. The van der Waals surface area contributed by atoms with Gasteiger partial charge in [0.05, 0.1) is 19.3 Å². The van der Waals surface area contributed by atoms with Crippen molar-refractivity contribution in [3.63, 3.8) is 0 Å². The molecule has 0 amide bonds. The molecule has 2 N–H and O–H groups in total. The standard InChI is InChI=1S/C16H27N3O/c1-12-5-2-3-6-14(12)18-15-7-4-8-16-13(15)11-17-19(16)9-10-20/h11-12,14-15,18,20H,2-10H2,1H3. The van der Waals surface area contributed by atoms with Crippen molar-refractivity contribution in [3.05, 3.63) is 17.5 Å². The van der Waals surface area contributed by atoms with Crippen LogP contribution in [0.2, 0.25) is 0 Å². The Bertz CT molecular complexity index is 443. The molecule has 2 aliphatic rings. The lowest BCUT2D eigenvalue weighted by atomic mass is 9.84. The third-order valence-corrected chi connectivity index (χ3v) is 5.10. The summed E-state index contributed by atoms with van der Waals surface area (Å²) < 4.78 is 1.99. The van der Waals surface area contributed by atoms with Gasteiger partial charge in [0.2, 0.25) is 0 Å². The maximum atomic E-state index is 9.12. The van der Waals surface area contributed by atoms with Crippen LogP contribution in [0.4, 0.5) is 0 Å². The largest absolute Gasteiger partial charge is 0.394 e. The van der Waals surface area contributed by atoms with Crippen LogP contribution in [0.3, 0.4) is 0 Å². The Morgan fingerprint density at radius 1 is 1.30 bits per heavy atom. The van der Waals surface area contributed by atoms with E-state index in [4.69, 9.17) is 5.11 Å². The van der Waals surface area contributed by atoms with Crippen molar-refractivity contribution in [2.75, 3.05) is 6.61 Å². The molecule has 0 saturated heterocycles. The number of hydrogen-bond donors (Lipinski definition) is 2. The minimum absolute atomic E-state index is 0.172. The molecule has 4 heteroatoms. The molecule has 1 aromatic rings. The lowest BCUT2D eigenvalue weighted by Gasteiger charge is -2.35. The first kappa shape index (κ1) is 14.1. The van der Waals surface area contributed by atoms with E-state index in [1.807, 2.05) is 10.9 Å². The summed E-state index contributed by atoms with van der Waals surface area (Å²) in [6, 6.07) is 1.14. The lowest BCUT2D eigenvalue weighted by Crippen LogP contribution is -2.40. The maximum absolute atomic E-state index is 9.12. The quantitative estimate of drug-likeness (QED) is 0.888. The third kappa shape index (κ3) is 2.77. The molecule has 2 aliphatic carbocycles. The molecule has 1 aromatic heterocycles. The van der Waals surface area contributed by atoms with E-state index in [1.165, 1.54) is 49.8 Å². The minimum atomic E-state index is 0.172. The predicted molar refractivity (Wildman–Crippen MR) is 79.5 cm³/mol. The highest BCUT2D eigenvalue weighted by Gasteiger charge is 2.29. The van der Waals surface area contributed by atoms with E-state index >= 15 is 0 Å². The summed E-state index contributed by atoms with van der Waals surface area (Å²) in [5.41, 5.74) is 2.72. The van der Waals surface area contributed by atoms with Crippen LogP contribution in [-0.4, -0.2) is 27.5 Å². The summed E-state index contributed by atoms with van der Waals surface area (Å²) >= 11 is 0. The molecule has 1 saturated carbocycles. The van der Waals surface area contributed by atoms with Gasteiger partial charge >= 0.3 is 0 Å². The second-order valence-electron chi connectivity index (χ2n) is 6.47. The van der Waals surface area contributed by atoms with Crippen LogP contribution >= 0.6 is 0 Å². The number of fused-ring (bicyclic) bond motifs is 1. The molecule has 112 valence electrons. The third-order valence-electron chi connectivity index (χ3n) is 5.10. The molecule has 3 unspecified atom stereocenters. The number of nitrogens with zero attached hydrogens (tertiary/aromatic N) is 2. The molecule has 20 heavy (non-hydrogen) atoms. The van der Waals surface area contributed by atoms with Gasteiger partial charge in [-0.3, -0.25) is 4.68 Å². The van der Waals surface area contributed by atoms with Crippen molar-refractivity contribution >= 4 is 0 Å². The van der Waals surface area contributed by atoms with Crippen LogP contribution < -0.4 is 5.32 Å². The van der Waals surface area contributed by atoms with Crippen molar-refractivity contribution in [2.45, 2.75) is 70.5 Å². The van der Waals surface area contributed by atoms with Gasteiger partial charge in [-0.05, 0) is 38.0 Å². The average Bonchev–Trinajstić information content (AvgIpc) is 2.86. The van der Waals surface area contributed by atoms with E-state index in [9.17, 15) is 0 Å². The monoisotopic (exact) mass is 277 g/mol. The van der Waals surface area contributed by atoms with Gasteiger partial charge in [-0.2, -0.15) is 5.10 Å². The molecular weight excluding hydrogens is 250 g/mol. The predicted octanol–water partition coefficient (Wildman–Crippen LogP) is 2.42. The summed E-state index contributed by atoms with van der Waals surface area (Å²) in [5.74, 6) is 0.793. The summed E-state index contributed by atoms with van der Waals surface area (Å²) in [7, 11) is 0. The molecule has 1 heterocycles. The second-order valence-corrected chi connectivity index (χ2v) is 6.47. The Balaban J connectivity index is 1.73. The Labute approximate surface area is 121 Å². The summed E-state index contributed by atoms with van der Waals surface area (Å²) in [4.78, 5) is 0. The SMILES string of the molecule is CC1CCCCC1NC1CCCc2c1cnn2CCO. The highest BCUT2D eigenvalue weighted by atomic mass is 16.3. The fraction of sp³-hybridized carbons (Fsp3) is 0.812. The molecule has 1 fully saturated rings. The lowest BCUT2D eigenvalue weighted by molar-refractivity contribution is 0.247. The molecular formula is C16H27N3O. The normalized spacial score (nSPS) is 30.2. The second kappa shape index (κ2) is 6.27.